The summed E-state index contributed by atoms with van der Waals surface area (Å²) in [6.07, 6.45) is -5.75. The number of fused-ring (bicyclic) bond motifs is 6. The van der Waals surface area contributed by atoms with Crippen LogP contribution in [-0.4, -0.2) is 18.8 Å². The maximum Gasteiger partial charge on any atom is 0.416 e. The predicted octanol–water partition coefficient (Wildman–Crippen LogP) is 7.51. The van der Waals surface area contributed by atoms with E-state index in [1.165, 1.54) is 24.3 Å². The van der Waals surface area contributed by atoms with Crippen LogP contribution in [0.25, 0.3) is 44.8 Å². The Hall–Kier alpha value is -4.34. The third kappa shape index (κ3) is 3.40. The van der Waals surface area contributed by atoms with Gasteiger partial charge in [0.05, 0.1) is 45.9 Å². The SMILES string of the molecule is FC(F)(F)c1ccc(-c2cnc3c4ncc(-c5ccc(C(F)(F)F)cc5)n4c4ccccc4n23)cc1. The van der Waals surface area contributed by atoms with Crippen LogP contribution in [0, 0.1) is 0 Å². The summed E-state index contributed by atoms with van der Waals surface area (Å²) in [4.78, 5) is 9.01. The van der Waals surface area contributed by atoms with Crippen LogP contribution in [0.5, 0.6) is 0 Å². The van der Waals surface area contributed by atoms with E-state index in [0.29, 0.717) is 44.8 Å². The quantitative estimate of drug-likeness (QED) is 0.233. The molecule has 4 nitrogen and oxygen atoms in total. The minimum absolute atomic E-state index is 0.460. The van der Waals surface area contributed by atoms with Gasteiger partial charge < -0.3 is 0 Å². The highest BCUT2D eigenvalue weighted by molar-refractivity contribution is 5.91. The molecule has 3 aromatic heterocycles. The van der Waals surface area contributed by atoms with Crippen LogP contribution in [0.15, 0.2) is 85.2 Å². The van der Waals surface area contributed by atoms with Gasteiger partial charge >= 0.3 is 12.4 Å². The van der Waals surface area contributed by atoms with Crippen molar-refractivity contribution >= 4 is 22.3 Å². The smallest absolute Gasteiger partial charge is 0.288 e. The second-order valence-corrected chi connectivity index (χ2v) is 8.24. The van der Waals surface area contributed by atoms with Gasteiger partial charge in [0, 0.05) is 11.1 Å². The Labute approximate surface area is 199 Å². The van der Waals surface area contributed by atoms with E-state index in [4.69, 9.17) is 0 Å². The lowest BCUT2D eigenvalue weighted by Gasteiger charge is -2.12. The van der Waals surface area contributed by atoms with Crippen molar-refractivity contribution in [2.75, 3.05) is 0 Å². The molecule has 10 heteroatoms. The Kier molecular flexibility index (Phi) is 4.66. The summed E-state index contributed by atoms with van der Waals surface area (Å²) >= 11 is 0. The van der Waals surface area contributed by atoms with Crippen molar-refractivity contribution < 1.29 is 26.3 Å². The first-order valence-electron chi connectivity index (χ1n) is 10.7. The van der Waals surface area contributed by atoms with E-state index in [1.54, 1.807) is 12.4 Å². The average Bonchev–Trinajstić information content (AvgIpc) is 3.48. The Morgan fingerprint density at radius 1 is 0.500 bits per heavy atom. The first-order valence-corrected chi connectivity index (χ1v) is 10.7. The van der Waals surface area contributed by atoms with Crippen LogP contribution in [0.3, 0.4) is 0 Å². The summed E-state index contributed by atoms with van der Waals surface area (Å²) in [6, 6.07) is 17.0. The molecule has 0 N–H and O–H groups in total. The van der Waals surface area contributed by atoms with Crippen molar-refractivity contribution in [3.8, 4) is 22.5 Å². The molecular weight excluding hydrogens is 482 g/mol. The van der Waals surface area contributed by atoms with Crippen LogP contribution < -0.4 is 0 Å². The van der Waals surface area contributed by atoms with E-state index in [2.05, 4.69) is 9.97 Å². The number of rotatable bonds is 2. The molecular formula is C26H14F6N4. The second kappa shape index (κ2) is 7.58. The fourth-order valence-corrected chi connectivity index (χ4v) is 4.42. The van der Waals surface area contributed by atoms with Crippen LogP contribution in [-0.2, 0) is 12.4 Å². The number of halogens is 6. The lowest BCUT2D eigenvalue weighted by Crippen LogP contribution is -2.04. The molecule has 0 bridgehead atoms. The number of hydrogen-bond donors (Lipinski definition) is 0. The molecule has 6 rings (SSSR count). The third-order valence-corrected chi connectivity index (χ3v) is 6.10. The van der Waals surface area contributed by atoms with Crippen LogP contribution >= 0.6 is 0 Å². The van der Waals surface area contributed by atoms with Crippen molar-refractivity contribution in [3.05, 3.63) is 96.3 Å². The molecule has 0 amide bonds. The summed E-state index contributed by atoms with van der Waals surface area (Å²) in [5.74, 6) is 0. The Bertz CT molecular complexity index is 1610. The molecule has 6 aromatic rings. The molecule has 0 radical (unpaired) electrons. The normalized spacial score (nSPS) is 12.7. The highest BCUT2D eigenvalue weighted by Gasteiger charge is 2.31. The zero-order valence-corrected chi connectivity index (χ0v) is 18.1. The van der Waals surface area contributed by atoms with Crippen molar-refractivity contribution in [3.63, 3.8) is 0 Å². The van der Waals surface area contributed by atoms with Crippen molar-refractivity contribution in [2.45, 2.75) is 12.4 Å². The Balaban J connectivity index is 1.58. The molecule has 0 aliphatic rings. The fraction of sp³-hybridized carbons (Fsp3) is 0.0769. The largest absolute Gasteiger partial charge is 0.416 e. The molecule has 0 aliphatic carbocycles. The molecule has 0 fully saturated rings. The highest BCUT2D eigenvalue weighted by Crippen LogP contribution is 2.35. The molecule has 0 aliphatic heterocycles. The maximum absolute atomic E-state index is 13.0. The highest BCUT2D eigenvalue weighted by atomic mass is 19.4. The summed E-state index contributed by atoms with van der Waals surface area (Å²) in [5, 5.41) is 0. The number of imidazole rings is 2. The van der Waals surface area contributed by atoms with Gasteiger partial charge in [0.1, 0.15) is 0 Å². The van der Waals surface area contributed by atoms with Crippen LogP contribution in [0.1, 0.15) is 11.1 Å². The number of benzene rings is 3. The summed E-state index contributed by atoms with van der Waals surface area (Å²) in [6.45, 7) is 0. The minimum Gasteiger partial charge on any atom is -0.288 e. The zero-order valence-electron chi connectivity index (χ0n) is 18.1. The third-order valence-electron chi connectivity index (χ3n) is 6.10. The van der Waals surface area contributed by atoms with Crippen LogP contribution in [0.2, 0.25) is 0 Å². The number of alkyl halides is 6. The number of para-hydroxylation sites is 2. The molecule has 0 spiro atoms. The monoisotopic (exact) mass is 496 g/mol. The first-order chi connectivity index (χ1) is 17.1. The van der Waals surface area contributed by atoms with E-state index in [1.807, 2.05) is 33.1 Å². The van der Waals surface area contributed by atoms with E-state index >= 15 is 0 Å². The summed E-state index contributed by atoms with van der Waals surface area (Å²) in [5.41, 5.74) is 3.08. The van der Waals surface area contributed by atoms with Crippen molar-refractivity contribution in [1.29, 1.82) is 0 Å². The molecule has 3 aromatic carbocycles. The minimum atomic E-state index is -4.44. The Morgan fingerprint density at radius 3 is 1.19 bits per heavy atom. The van der Waals surface area contributed by atoms with Gasteiger partial charge in [-0.2, -0.15) is 26.3 Å². The number of nitrogens with zero attached hydrogens (tertiary/aromatic N) is 4. The van der Waals surface area contributed by atoms with Gasteiger partial charge in [-0.3, -0.25) is 8.80 Å². The molecule has 0 saturated carbocycles. The van der Waals surface area contributed by atoms with Crippen molar-refractivity contribution in [1.82, 2.24) is 18.8 Å². The summed E-state index contributed by atoms with van der Waals surface area (Å²) < 4.78 is 81.8. The van der Waals surface area contributed by atoms with Gasteiger partial charge in [0.25, 0.3) is 0 Å². The van der Waals surface area contributed by atoms with E-state index in [9.17, 15) is 26.3 Å². The van der Waals surface area contributed by atoms with Gasteiger partial charge in [-0.1, -0.05) is 36.4 Å². The van der Waals surface area contributed by atoms with Gasteiger partial charge in [-0.05, 0) is 36.4 Å². The average molecular weight is 496 g/mol. The Morgan fingerprint density at radius 2 is 0.861 bits per heavy atom. The van der Waals surface area contributed by atoms with E-state index < -0.39 is 23.5 Å². The maximum atomic E-state index is 13.0. The lowest BCUT2D eigenvalue weighted by atomic mass is 10.1. The molecule has 0 atom stereocenters. The number of aromatic nitrogens is 4. The molecule has 0 unspecified atom stereocenters. The van der Waals surface area contributed by atoms with Crippen LogP contribution in [0.4, 0.5) is 26.3 Å². The fourth-order valence-electron chi connectivity index (χ4n) is 4.42. The molecule has 36 heavy (non-hydrogen) atoms. The number of hydrogen-bond acceptors (Lipinski definition) is 2. The summed E-state index contributed by atoms with van der Waals surface area (Å²) in [7, 11) is 0. The van der Waals surface area contributed by atoms with E-state index in [0.717, 1.165) is 24.3 Å². The van der Waals surface area contributed by atoms with Gasteiger partial charge in [-0.15, -0.1) is 0 Å². The standard InChI is InChI=1S/C26H14F6N4/c27-25(28,29)17-9-5-15(6-10-17)21-13-33-23-24-34-14-22(16-7-11-18(12-8-16)26(30,31)32)36(24)20-4-2-1-3-19(20)35(21)23/h1-14H. The van der Waals surface area contributed by atoms with E-state index in [-0.39, 0.29) is 0 Å². The lowest BCUT2D eigenvalue weighted by molar-refractivity contribution is -0.138. The predicted molar refractivity (Wildman–Crippen MR) is 122 cm³/mol. The molecule has 0 saturated heterocycles. The van der Waals surface area contributed by atoms with Gasteiger partial charge in [0.15, 0.2) is 11.3 Å². The van der Waals surface area contributed by atoms with Gasteiger partial charge in [0.2, 0.25) is 0 Å². The first kappa shape index (κ1) is 22.1. The second-order valence-electron chi connectivity index (χ2n) is 8.24. The molecule has 3 heterocycles. The topological polar surface area (TPSA) is 34.6 Å². The van der Waals surface area contributed by atoms with Crippen molar-refractivity contribution in [2.24, 2.45) is 0 Å². The molecule has 180 valence electrons. The zero-order chi connectivity index (χ0) is 25.2. The van der Waals surface area contributed by atoms with Gasteiger partial charge in [-0.25, -0.2) is 9.97 Å².